The van der Waals surface area contributed by atoms with Crippen LogP contribution in [0, 0.1) is 5.92 Å². The minimum absolute atomic E-state index is 0.128. The molecule has 0 unspecified atom stereocenters. The van der Waals surface area contributed by atoms with Crippen LogP contribution >= 0.6 is 11.6 Å². The molecule has 2 nitrogen and oxygen atoms in total. The highest BCUT2D eigenvalue weighted by Gasteiger charge is 2.41. The van der Waals surface area contributed by atoms with E-state index >= 15 is 0 Å². The van der Waals surface area contributed by atoms with E-state index < -0.39 is 0 Å². The molecule has 0 aromatic heterocycles. The molecular formula is C10H16ClNO. The van der Waals surface area contributed by atoms with Gasteiger partial charge in [0.1, 0.15) is 5.88 Å². The molecular weight excluding hydrogens is 186 g/mol. The van der Waals surface area contributed by atoms with Gasteiger partial charge < -0.3 is 4.90 Å². The summed E-state index contributed by atoms with van der Waals surface area (Å²) in [5.41, 5.74) is 0. The lowest BCUT2D eigenvalue weighted by Gasteiger charge is -2.28. The smallest absolute Gasteiger partial charge is 0.237 e. The first-order valence-corrected chi connectivity index (χ1v) is 5.64. The Morgan fingerprint density at radius 1 is 1.46 bits per heavy atom. The van der Waals surface area contributed by atoms with Crippen molar-refractivity contribution in [2.24, 2.45) is 5.92 Å². The van der Waals surface area contributed by atoms with E-state index in [0.717, 1.165) is 5.92 Å². The van der Waals surface area contributed by atoms with Crippen LogP contribution in [-0.4, -0.2) is 28.8 Å². The molecule has 0 radical (unpaired) electrons. The summed E-state index contributed by atoms with van der Waals surface area (Å²) in [6.07, 6.45) is 4.94. The maximum atomic E-state index is 11.6. The van der Waals surface area contributed by atoms with E-state index in [4.69, 9.17) is 11.6 Å². The molecule has 2 aliphatic rings. The van der Waals surface area contributed by atoms with Crippen LogP contribution in [0.2, 0.25) is 0 Å². The topological polar surface area (TPSA) is 20.3 Å². The average Bonchev–Trinajstić information content (AvgIpc) is 2.96. The summed E-state index contributed by atoms with van der Waals surface area (Å²) in [4.78, 5) is 13.6. The molecule has 0 N–H and O–H groups in total. The van der Waals surface area contributed by atoms with Crippen molar-refractivity contribution in [1.82, 2.24) is 4.90 Å². The van der Waals surface area contributed by atoms with Crippen molar-refractivity contribution in [1.29, 1.82) is 0 Å². The molecule has 74 valence electrons. The fourth-order valence-corrected chi connectivity index (χ4v) is 2.13. The number of halogens is 1. The monoisotopic (exact) mass is 201 g/mol. The van der Waals surface area contributed by atoms with E-state index in [1.54, 1.807) is 0 Å². The Morgan fingerprint density at radius 3 is 2.46 bits per heavy atom. The van der Waals surface area contributed by atoms with Gasteiger partial charge in [0.15, 0.2) is 0 Å². The number of carbonyl (C=O) groups is 1. The van der Waals surface area contributed by atoms with Gasteiger partial charge >= 0.3 is 0 Å². The molecule has 0 aromatic rings. The molecule has 2 saturated carbocycles. The molecule has 0 bridgehead atoms. The van der Waals surface area contributed by atoms with Crippen LogP contribution in [-0.2, 0) is 4.79 Å². The number of nitrogens with zero attached hydrogens (tertiary/aromatic N) is 1. The Balaban J connectivity index is 1.98. The highest BCUT2D eigenvalue weighted by atomic mass is 35.5. The van der Waals surface area contributed by atoms with E-state index in [1.165, 1.54) is 25.7 Å². The minimum atomic E-state index is 0.128. The van der Waals surface area contributed by atoms with Crippen LogP contribution in [0.15, 0.2) is 0 Å². The zero-order chi connectivity index (χ0) is 9.42. The highest BCUT2D eigenvalue weighted by Crippen LogP contribution is 2.39. The third kappa shape index (κ3) is 1.98. The van der Waals surface area contributed by atoms with Crippen LogP contribution in [0.4, 0.5) is 0 Å². The number of alkyl halides is 1. The maximum Gasteiger partial charge on any atom is 0.237 e. The lowest BCUT2D eigenvalue weighted by Crippen LogP contribution is -2.42. The van der Waals surface area contributed by atoms with Gasteiger partial charge in [0.2, 0.25) is 5.91 Å². The van der Waals surface area contributed by atoms with Crippen molar-refractivity contribution in [2.75, 3.05) is 5.88 Å². The molecule has 0 aliphatic heterocycles. The van der Waals surface area contributed by atoms with Gasteiger partial charge in [0.05, 0.1) is 0 Å². The van der Waals surface area contributed by atoms with Gasteiger partial charge in [-0.15, -0.1) is 11.6 Å². The lowest BCUT2D eigenvalue weighted by atomic mass is 10.2. The first-order chi connectivity index (χ1) is 6.24. The first kappa shape index (κ1) is 9.32. The van der Waals surface area contributed by atoms with E-state index in [0.29, 0.717) is 12.1 Å². The second kappa shape index (κ2) is 3.49. The summed E-state index contributed by atoms with van der Waals surface area (Å²) in [5, 5.41) is 0. The standard InChI is InChI=1S/C10H16ClNO/c1-7(8-2-3-8)12(9-4-5-9)10(13)6-11/h7-9H,2-6H2,1H3/t7-/m1/s1. The quantitative estimate of drug-likeness (QED) is 0.638. The SMILES string of the molecule is C[C@H](C1CC1)N(C(=O)CCl)C1CC1. The zero-order valence-electron chi connectivity index (χ0n) is 8.00. The van der Waals surface area contributed by atoms with Crippen LogP contribution in [0.3, 0.4) is 0 Å². The first-order valence-electron chi connectivity index (χ1n) is 5.11. The molecule has 0 heterocycles. The number of amides is 1. The Labute approximate surface area is 84.2 Å². The van der Waals surface area contributed by atoms with Gasteiger partial charge in [-0.3, -0.25) is 4.79 Å². The van der Waals surface area contributed by atoms with Gasteiger partial charge in [-0.25, -0.2) is 0 Å². The van der Waals surface area contributed by atoms with Gasteiger partial charge in [0, 0.05) is 12.1 Å². The van der Waals surface area contributed by atoms with E-state index in [9.17, 15) is 4.79 Å². The van der Waals surface area contributed by atoms with Crippen molar-refractivity contribution in [3.05, 3.63) is 0 Å². The molecule has 13 heavy (non-hydrogen) atoms. The number of hydrogen-bond donors (Lipinski definition) is 0. The molecule has 1 amide bonds. The molecule has 0 spiro atoms. The van der Waals surface area contributed by atoms with Crippen LogP contribution in [0.25, 0.3) is 0 Å². The predicted molar refractivity (Wildman–Crippen MR) is 52.8 cm³/mol. The van der Waals surface area contributed by atoms with E-state index in [1.807, 2.05) is 4.90 Å². The summed E-state index contributed by atoms with van der Waals surface area (Å²) >= 11 is 5.60. The number of hydrogen-bond acceptors (Lipinski definition) is 1. The van der Waals surface area contributed by atoms with Gasteiger partial charge in [0.25, 0.3) is 0 Å². The minimum Gasteiger partial charge on any atom is -0.336 e. The molecule has 0 saturated heterocycles. The third-order valence-corrected chi connectivity index (χ3v) is 3.31. The molecule has 3 heteroatoms. The van der Waals surface area contributed by atoms with Crippen molar-refractivity contribution in [3.63, 3.8) is 0 Å². The number of carbonyl (C=O) groups excluding carboxylic acids is 1. The van der Waals surface area contributed by atoms with Crippen molar-refractivity contribution < 1.29 is 4.79 Å². The van der Waals surface area contributed by atoms with E-state index in [2.05, 4.69) is 6.92 Å². The summed E-state index contributed by atoms with van der Waals surface area (Å²) in [7, 11) is 0. The van der Waals surface area contributed by atoms with Gasteiger partial charge in [-0.2, -0.15) is 0 Å². The van der Waals surface area contributed by atoms with Crippen LogP contribution < -0.4 is 0 Å². The van der Waals surface area contributed by atoms with Crippen LogP contribution in [0.1, 0.15) is 32.6 Å². The van der Waals surface area contributed by atoms with Gasteiger partial charge in [-0.05, 0) is 38.5 Å². The molecule has 2 aliphatic carbocycles. The maximum absolute atomic E-state index is 11.6. The second-order valence-corrected chi connectivity index (χ2v) is 4.51. The summed E-state index contributed by atoms with van der Waals surface area (Å²) in [6, 6.07) is 0.945. The van der Waals surface area contributed by atoms with Crippen molar-refractivity contribution >= 4 is 17.5 Å². The third-order valence-electron chi connectivity index (χ3n) is 3.09. The average molecular weight is 202 g/mol. The summed E-state index contributed by atoms with van der Waals surface area (Å²) in [5.74, 6) is 1.03. The normalized spacial score (nSPS) is 24.2. The van der Waals surface area contributed by atoms with Crippen LogP contribution in [0.5, 0.6) is 0 Å². The Kier molecular flexibility index (Phi) is 2.50. The summed E-state index contributed by atoms with van der Waals surface area (Å²) < 4.78 is 0. The lowest BCUT2D eigenvalue weighted by molar-refractivity contribution is -0.131. The Morgan fingerprint density at radius 2 is 2.08 bits per heavy atom. The van der Waals surface area contributed by atoms with Gasteiger partial charge in [-0.1, -0.05) is 0 Å². The predicted octanol–water partition coefficient (Wildman–Crippen LogP) is 2.01. The Hall–Kier alpha value is -0.240. The molecule has 0 aromatic carbocycles. The number of rotatable bonds is 4. The molecule has 2 fully saturated rings. The fraction of sp³-hybridized carbons (Fsp3) is 0.900. The summed E-state index contributed by atoms with van der Waals surface area (Å²) in [6.45, 7) is 2.17. The largest absolute Gasteiger partial charge is 0.336 e. The van der Waals surface area contributed by atoms with E-state index in [-0.39, 0.29) is 11.8 Å². The fourth-order valence-electron chi connectivity index (χ4n) is 1.99. The molecule has 1 atom stereocenters. The Bertz CT molecular complexity index is 211. The van der Waals surface area contributed by atoms with Crippen molar-refractivity contribution in [3.8, 4) is 0 Å². The van der Waals surface area contributed by atoms with Crippen molar-refractivity contribution in [2.45, 2.75) is 44.7 Å². The molecule has 2 rings (SSSR count). The highest BCUT2D eigenvalue weighted by molar-refractivity contribution is 6.27. The zero-order valence-corrected chi connectivity index (χ0v) is 8.76. The second-order valence-electron chi connectivity index (χ2n) is 4.24.